The third-order valence-corrected chi connectivity index (χ3v) is 2.57. The molecule has 17 heavy (non-hydrogen) atoms. The smallest absolute Gasteiger partial charge is 0.119 e. The molecule has 0 aliphatic carbocycles. The van der Waals surface area contributed by atoms with Crippen LogP contribution in [0.15, 0.2) is 24.3 Å². The van der Waals surface area contributed by atoms with Crippen LogP contribution in [-0.2, 0) is 4.74 Å². The molecule has 0 bridgehead atoms. The van der Waals surface area contributed by atoms with Crippen molar-refractivity contribution in [3.05, 3.63) is 29.8 Å². The minimum atomic E-state index is 0.102. The SMILES string of the molecule is CCCOC(CNCC)c1cccc(OC)c1. The van der Waals surface area contributed by atoms with Gasteiger partial charge in [0.05, 0.1) is 13.2 Å². The van der Waals surface area contributed by atoms with Crippen molar-refractivity contribution in [3.8, 4) is 5.75 Å². The van der Waals surface area contributed by atoms with Gasteiger partial charge in [0.25, 0.3) is 0 Å². The van der Waals surface area contributed by atoms with Crippen LogP contribution >= 0.6 is 0 Å². The van der Waals surface area contributed by atoms with E-state index in [1.807, 2.05) is 18.2 Å². The molecule has 1 aromatic carbocycles. The van der Waals surface area contributed by atoms with E-state index >= 15 is 0 Å². The fourth-order valence-electron chi connectivity index (χ4n) is 1.65. The third kappa shape index (κ3) is 4.75. The Morgan fingerprint density at radius 1 is 1.29 bits per heavy atom. The van der Waals surface area contributed by atoms with Crippen LogP contribution in [0.1, 0.15) is 31.9 Å². The first-order chi connectivity index (χ1) is 8.31. The highest BCUT2D eigenvalue weighted by Gasteiger charge is 2.11. The monoisotopic (exact) mass is 237 g/mol. The zero-order valence-electron chi connectivity index (χ0n) is 11.0. The van der Waals surface area contributed by atoms with Crippen molar-refractivity contribution >= 4 is 0 Å². The molecule has 0 aromatic heterocycles. The van der Waals surface area contributed by atoms with Gasteiger partial charge >= 0.3 is 0 Å². The zero-order chi connectivity index (χ0) is 12.5. The lowest BCUT2D eigenvalue weighted by atomic mass is 10.1. The Balaban J connectivity index is 2.71. The van der Waals surface area contributed by atoms with E-state index in [0.29, 0.717) is 0 Å². The maximum atomic E-state index is 5.86. The third-order valence-electron chi connectivity index (χ3n) is 2.57. The topological polar surface area (TPSA) is 30.5 Å². The maximum Gasteiger partial charge on any atom is 0.119 e. The fraction of sp³-hybridized carbons (Fsp3) is 0.571. The molecule has 0 saturated heterocycles. The minimum absolute atomic E-state index is 0.102. The summed E-state index contributed by atoms with van der Waals surface area (Å²) in [5.74, 6) is 0.879. The van der Waals surface area contributed by atoms with Crippen molar-refractivity contribution in [1.29, 1.82) is 0 Å². The van der Waals surface area contributed by atoms with Gasteiger partial charge in [-0.05, 0) is 30.7 Å². The number of benzene rings is 1. The number of rotatable bonds is 8. The maximum absolute atomic E-state index is 5.86. The Labute approximate surface area is 104 Å². The summed E-state index contributed by atoms with van der Waals surface area (Å²) in [4.78, 5) is 0. The van der Waals surface area contributed by atoms with Crippen molar-refractivity contribution in [3.63, 3.8) is 0 Å². The lowest BCUT2D eigenvalue weighted by molar-refractivity contribution is 0.0532. The Hall–Kier alpha value is -1.06. The highest BCUT2D eigenvalue weighted by molar-refractivity contribution is 5.30. The Bertz CT molecular complexity index is 307. The molecular weight excluding hydrogens is 214 g/mol. The predicted octanol–water partition coefficient (Wildman–Crippen LogP) is 2.77. The molecule has 0 saturated carbocycles. The number of hydrogen-bond donors (Lipinski definition) is 1. The first-order valence-electron chi connectivity index (χ1n) is 6.28. The molecule has 1 atom stereocenters. The van der Waals surface area contributed by atoms with Crippen molar-refractivity contribution in [2.24, 2.45) is 0 Å². The lowest BCUT2D eigenvalue weighted by Gasteiger charge is -2.19. The Morgan fingerprint density at radius 3 is 2.76 bits per heavy atom. The summed E-state index contributed by atoms with van der Waals surface area (Å²) in [7, 11) is 1.69. The molecule has 0 spiro atoms. The van der Waals surface area contributed by atoms with Crippen molar-refractivity contribution in [2.75, 3.05) is 26.8 Å². The standard InChI is InChI=1S/C14H23NO2/c1-4-9-17-14(11-15-5-2)12-7-6-8-13(10-12)16-3/h6-8,10,14-15H,4-5,9,11H2,1-3H3. The van der Waals surface area contributed by atoms with Crippen LogP contribution in [0, 0.1) is 0 Å². The first-order valence-corrected chi connectivity index (χ1v) is 6.28. The largest absolute Gasteiger partial charge is 0.497 e. The number of methoxy groups -OCH3 is 1. The van der Waals surface area contributed by atoms with Gasteiger partial charge in [0.2, 0.25) is 0 Å². The van der Waals surface area contributed by atoms with E-state index in [-0.39, 0.29) is 6.10 Å². The summed E-state index contributed by atoms with van der Waals surface area (Å²) in [5, 5.41) is 3.33. The minimum Gasteiger partial charge on any atom is -0.497 e. The van der Waals surface area contributed by atoms with Gasteiger partial charge in [-0.25, -0.2) is 0 Å². The van der Waals surface area contributed by atoms with E-state index < -0.39 is 0 Å². The van der Waals surface area contributed by atoms with E-state index in [2.05, 4.69) is 25.2 Å². The van der Waals surface area contributed by atoms with Crippen LogP contribution in [0.2, 0.25) is 0 Å². The number of likely N-dealkylation sites (N-methyl/N-ethyl adjacent to an activating group) is 1. The lowest BCUT2D eigenvalue weighted by Crippen LogP contribution is -2.23. The summed E-state index contributed by atoms with van der Waals surface area (Å²) in [5.41, 5.74) is 1.17. The van der Waals surface area contributed by atoms with Gasteiger partial charge in [-0.15, -0.1) is 0 Å². The Kier molecular flexibility index (Phi) is 6.67. The first kappa shape index (κ1) is 14.0. The molecular formula is C14H23NO2. The van der Waals surface area contributed by atoms with Crippen molar-refractivity contribution in [2.45, 2.75) is 26.4 Å². The summed E-state index contributed by atoms with van der Waals surface area (Å²) in [6, 6.07) is 8.08. The van der Waals surface area contributed by atoms with Crippen LogP contribution in [0.25, 0.3) is 0 Å². The van der Waals surface area contributed by atoms with Crippen LogP contribution in [0.3, 0.4) is 0 Å². The van der Waals surface area contributed by atoms with E-state index in [0.717, 1.165) is 31.9 Å². The van der Waals surface area contributed by atoms with Gasteiger partial charge < -0.3 is 14.8 Å². The van der Waals surface area contributed by atoms with Crippen LogP contribution in [0.4, 0.5) is 0 Å². The van der Waals surface area contributed by atoms with Gasteiger partial charge in [-0.2, -0.15) is 0 Å². The van der Waals surface area contributed by atoms with E-state index in [1.54, 1.807) is 7.11 Å². The summed E-state index contributed by atoms with van der Waals surface area (Å²) >= 11 is 0. The van der Waals surface area contributed by atoms with Crippen molar-refractivity contribution in [1.82, 2.24) is 5.32 Å². The van der Waals surface area contributed by atoms with E-state index in [9.17, 15) is 0 Å². The van der Waals surface area contributed by atoms with Gasteiger partial charge in [0.1, 0.15) is 5.75 Å². The average molecular weight is 237 g/mol. The van der Waals surface area contributed by atoms with Crippen LogP contribution in [-0.4, -0.2) is 26.8 Å². The molecule has 1 unspecified atom stereocenters. The Morgan fingerprint density at radius 2 is 2.12 bits per heavy atom. The molecule has 0 aliphatic heterocycles. The predicted molar refractivity (Wildman–Crippen MR) is 70.5 cm³/mol. The van der Waals surface area contributed by atoms with Gasteiger partial charge in [-0.1, -0.05) is 26.0 Å². The molecule has 3 nitrogen and oxygen atoms in total. The van der Waals surface area contributed by atoms with Gasteiger partial charge in [-0.3, -0.25) is 0 Å². The normalized spacial score (nSPS) is 12.4. The molecule has 96 valence electrons. The second kappa shape index (κ2) is 8.09. The van der Waals surface area contributed by atoms with Gasteiger partial charge in [0.15, 0.2) is 0 Å². The molecule has 1 rings (SSSR count). The molecule has 0 radical (unpaired) electrons. The molecule has 1 aromatic rings. The van der Waals surface area contributed by atoms with E-state index in [1.165, 1.54) is 5.56 Å². The average Bonchev–Trinajstić information content (AvgIpc) is 2.39. The van der Waals surface area contributed by atoms with Crippen LogP contribution in [0.5, 0.6) is 5.75 Å². The second-order valence-corrected chi connectivity index (χ2v) is 3.94. The second-order valence-electron chi connectivity index (χ2n) is 3.94. The summed E-state index contributed by atoms with van der Waals surface area (Å²) in [6.07, 6.45) is 1.14. The van der Waals surface area contributed by atoms with Crippen molar-refractivity contribution < 1.29 is 9.47 Å². The number of nitrogens with one attached hydrogen (secondary N) is 1. The quantitative estimate of drug-likeness (QED) is 0.754. The zero-order valence-corrected chi connectivity index (χ0v) is 11.0. The number of ether oxygens (including phenoxy) is 2. The number of hydrogen-bond acceptors (Lipinski definition) is 3. The molecule has 0 aliphatic rings. The summed E-state index contributed by atoms with van der Waals surface area (Å²) < 4.78 is 11.1. The van der Waals surface area contributed by atoms with Gasteiger partial charge in [0, 0.05) is 13.2 Å². The van der Waals surface area contributed by atoms with Crippen LogP contribution < -0.4 is 10.1 Å². The molecule has 0 fully saturated rings. The molecule has 0 amide bonds. The van der Waals surface area contributed by atoms with E-state index in [4.69, 9.17) is 9.47 Å². The fourth-order valence-corrected chi connectivity index (χ4v) is 1.65. The summed E-state index contributed by atoms with van der Waals surface area (Å²) in [6.45, 7) is 6.80. The molecule has 1 N–H and O–H groups in total. The highest BCUT2D eigenvalue weighted by atomic mass is 16.5. The highest BCUT2D eigenvalue weighted by Crippen LogP contribution is 2.21. The molecule has 3 heteroatoms. The molecule has 0 heterocycles.